The van der Waals surface area contributed by atoms with Crippen LogP contribution in [0.2, 0.25) is 0 Å². The third-order valence-corrected chi connectivity index (χ3v) is 6.94. The van der Waals surface area contributed by atoms with E-state index in [0.29, 0.717) is 30.9 Å². The largest absolute Gasteiger partial charge is 0.465 e. The molecule has 2 N–H and O–H groups in total. The maximum absolute atomic E-state index is 12.7. The molecule has 0 aromatic rings. The van der Waals surface area contributed by atoms with Crippen molar-refractivity contribution in [2.45, 2.75) is 77.3 Å². The molecule has 1 saturated carbocycles. The third-order valence-electron chi connectivity index (χ3n) is 6.94. The Balaban J connectivity index is 1.28. The van der Waals surface area contributed by atoms with E-state index in [2.05, 4.69) is 29.4 Å². The molecule has 0 bridgehead atoms. The van der Waals surface area contributed by atoms with Crippen molar-refractivity contribution >= 4 is 12.0 Å². The lowest BCUT2D eigenvalue weighted by molar-refractivity contribution is -0.145. The number of hydrogen-bond donors (Lipinski definition) is 2. The van der Waals surface area contributed by atoms with Crippen LogP contribution in [0.4, 0.5) is 4.79 Å². The highest BCUT2D eigenvalue weighted by atomic mass is 16.5. The van der Waals surface area contributed by atoms with Crippen LogP contribution in [0.5, 0.6) is 0 Å². The molecule has 0 unspecified atom stereocenters. The molecule has 3 fully saturated rings. The first kappa shape index (κ1) is 23.3. The monoisotopic (exact) mass is 422 g/mol. The molecule has 3 rings (SSSR count). The number of piperazine rings is 1. The molecule has 1 aliphatic carbocycles. The van der Waals surface area contributed by atoms with Gasteiger partial charge in [0, 0.05) is 44.7 Å². The minimum absolute atomic E-state index is 0.0669. The second-order valence-electron chi connectivity index (χ2n) is 9.79. The Bertz CT molecular complexity index is 535. The first-order valence-electron chi connectivity index (χ1n) is 12.2. The molecule has 0 radical (unpaired) electrons. The maximum atomic E-state index is 12.7. The Kier molecular flexibility index (Phi) is 9.25. The number of ether oxygens (including phenoxy) is 1. The molecule has 7 heteroatoms. The summed E-state index contributed by atoms with van der Waals surface area (Å²) in [6, 6.07) is 1.08. The van der Waals surface area contributed by atoms with Crippen LogP contribution in [0.3, 0.4) is 0 Å². The smallest absolute Gasteiger partial charge is 0.317 e. The number of amides is 2. The van der Waals surface area contributed by atoms with Gasteiger partial charge in [-0.05, 0) is 69.9 Å². The van der Waals surface area contributed by atoms with Crippen molar-refractivity contribution in [3.63, 3.8) is 0 Å². The lowest BCUT2D eigenvalue weighted by atomic mass is 9.83. The normalized spacial score (nSPS) is 26.6. The second-order valence-corrected chi connectivity index (χ2v) is 9.79. The Hall–Kier alpha value is -1.34. The molecule has 172 valence electrons. The minimum Gasteiger partial charge on any atom is -0.465 e. The number of urea groups is 1. The highest BCUT2D eigenvalue weighted by Crippen LogP contribution is 2.28. The van der Waals surface area contributed by atoms with Gasteiger partial charge in [-0.15, -0.1) is 0 Å². The fraction of sp³-hybridized carbons (Fsp3) is 0.913. The lowest BCUT2D eigenvalue weighted by Gasteiger charge is -2.41. The van der Waals surface area contributed by atoms with Gasteiger partial charge < -0.3 is 20.3 Å². The summed E-state index contributed by atoms with van der Waals surface area (Å²) in [5.74, 6) is 0.904. The van der Waals surface area contributed by atoms with Gasteiger partial charge in [0.1, 0.15) is 0 Å². The van der Waals surface area contributed by atoms with E-state index < -0.39 is 0 Å². The first-order valence-corrected chi connectivity index (χ1v) is 12.2. The number of carbonyl (C=O) groups excluding carboxylic acids is 2. The van der Waals surface area contributed by atoms with Crippen LogP contribution < -0.4 is 10.6 Å². The summed E-state index contributed by atoms with van der Waals surface area (Å²) < 4.78 is 5.27. The fourth-order valence-electron chi connectivity index (χ4n) is 4.98. The zero-order valence-corrected chi connectivity index (χ0v) is 19.0. The van der Waals surface area contributed by atoms with E-state index in [1.807, 2.05) is 4.90 Å². The summed E-state index contributed by atoms with van der Waals surface area (Å²) in [7, 11) is 0. The van der Waals surface area contributed by atoms with E-state index in [4.69, 9.17) is 4.74 Å². The van der Waals surface area contributed by atoms with Gasteiger partial charge in [0.25, 0.3) is 0 Å². The van der Waals surface area contributed by atoms with Gasteiger partial charge in [-0.3, -0.25) is 9.69 Å². The van der Waals surface area contributed by atoms with Gasteiger partial charge in [-0.2, -0.15) is 0 Å². The first-order chi connectivity index (χ1) is 14.5. The van der Waals surface area contributed by atoms with Crippen LogP contribution in [-0.2, 0) is 9.53 Å². The molecule has 7 nitrogen and oxygen atoms in total. The Labute approximate surface area is 182 Å². The van der Waals surface area contributed by atoms with E-state index in [1.165, 1.54) is 12.8 Å². The molecule has 0 aromatic heterocycles. The van der Waals surface area contributed by atoms with Crippen molar-refractivity contribution in [3.05, 3.63) is 0 Å². The van der Waals surface area contributed by atoms with Crippen molar-refractivity contribution in [3.8, 4) is 0 Å². The van der Waals surface area contributed by atoms with E-state index in [1.54, 1.807) is 0 Å². The summed E-state index contributed by atoms with van der Waals surface area (Å²) in [4.78, 5) is 29.1. The summed E-state index contributed by atoms with van der Waals surface area (Å²) in [5.41, 5.74) is 0. The Morgan fingerprint density at radius 2 is 1.67 bits per heavy atom. The summed E-state index contributed by atoms with van der Waals surface area (Å²) in [5, 5.41) is 6.70. The molecule has 2 heterocycles. The molecule has 2 aliphatic heterocycles. The molecule has 30 heavy (non-hydrogen) atoms. The number of rotatable bonds is 7. The number of nitrogens with zero attached hydrogens (tertiary/aromatic N) is 2. The van der Waals surface area contributed by atoms with Gasteiger partial charge in [-0.25, -0.2) is 4.79 Å². The fourth-order valence-corrected chi connectivity index (χ4v) is 4.98. The summed E-state index contributed by atoms with van der Waals surface area (Å²) in [6.07, 6.45) is 8.11. The lowest BCUT2D eigenvalue weighted by Crippen LogP contribution is -2.56. The zero-order valence-electron chi connectivity index (χ0n) is 19.0. The predicted molar refractivity (Wildman–Crippen MR) is 118 cm³/mol. The SMILES string of the molecule is CC(C)COC(=O)CCC1CCC(NC(=O)N2CCN(C3CCNCC3)CC2)CC1. The van der Waals surface area contributed by atoms with Crippen molar-refractivity contribution in [2.24, 2.45) is 11.8 Å². The number of hydrogen-bond acceptors (Lipinski definition) is 5. The molecule has 3 aliphatic rings. The number of esters is 1. The van der Waals surface area contributed by atoms with Crippen molar-refractivity contribution < 1.29 is 14.3 Å². The van der Waals surface area contributed by atoms with E-state index in [-0.39, 0.29) is 18.0 Å². The van der Waals surface area contributed by atoms with Crippen LogP contribution in [0.15, 0.2) is 0 Å². The van der Waals surface area contributed by atoms with Crippen molar-refractivity contribution in [1.29, 1.82) is 0 Å². The second kappa shape index (κ2) is 11.9. The quantitative estimate of drug-likeness (QED) is 0.617. The topological polar surface area (TPSA) is 73.9 Å². The van der Waals surface area contributed by atoms with Crippen molar-refractivity contribution in [1.82, 2.24) is 20.4 Å². The molecule has 0 spiro atoms. The average Bonchev–Trinajstić information content (AvgIpc) is 2.78. The predicted octanol–water partition coefficient (Wildman–Crippen LogP) is 2.60. The van der Waals surface area contributed by atoms with Crippen LogP contribution in [-0.4, -0.2) is 79.8 Å². The molecule has 0 atom stereocenters. The minimum atomic E-state index is -0.0669. The number of nitrogens with one attached hydrogen (secondary N) is 2. The van der Waals surface area contributed by atoms with Crippen LogP contribution in [0, 0.1) is 11.8 Å². The standard InChI is InChI=1S/C23H42N4O3/c1-18(2)17-30-22(28)8-5-19-3-6-20(7-4-19)25-23(29)27-15-13-26(14-16-27)21-9-11-24-12-10-21/h18-21,24H,3-17H2,1-2H3,(H,25,29). The summed E-state index contributed by atoms with van der Waals surface area (Å²) >= 11 is 0. The highest BCUT2D eigenvalue weighted by Gasteiger charge is 2.29. The number of piperidine rings is 1. The molecular weight excluding hydrogens is 380 g/mol. The van der Waals surface area contributed by atoms with E-state index in [0.717, 1.165) is 71.4 Å². The third kappa shape index (κ3) is 7.41. The Morgan fingerprint density at radius 3 is 2.30 bits per heavy atom. The zero-order chi connectivity index (χ0) is 21.3. The molecule has 2 saturated heterocycles. The van der Waals surface area contributed by atoms with E-state index >= 15 is 0 Å². The van der Waals surface area contributed by atoms with Gasteiger partial charge >= 0.3 is 12.0 Å². The van der Waals surface area contributed by atoms with Gasteiger partial charge in [-0.1, -0.05) is 13.8 Å². The van der Waals surface area contributed by atoms with Crippen LogP contribution in [0.25, 0.3) is 0 Å². The van der Waals surface area contributed by atoms with Crippen molar-refractivity contribution in [2.75, 3.05) is 45.9 Å². The Morgan fingerprint density at radius 1 is 1.00 bits per heavy atom. The van der Waals surface area contributed by atoms with Crippen LogP contribution in [0.1, 0.15) is 65.2 Å². The molecular formula is C23H42N4O3. The molecule has 2 amide bonds. The van der Waals surface area contributed by atoms with Gasteiger partial charge in [0.2, 0.25) is 0 Å². The van der Waals surface area contributed by atoms with E-state index in [9.17, 15) is 9.59 Å². The summed E-state index contributed by atoms with van der Waals surface area (Å²) in [6.45, 7) is 10.5. The average molecular weight is 423 g/mol. The number of carbonyl (C=O) groups is 2. The van der Waals surface area contributed by atoms with Crippen LogP contribution >= 0.6 is 0 Å². The van der Waals surface area contributed by atoms with Gasteiger partial charge in [0.15, 0.2) is 0 Å². The highest BCUT2D eigenvalue weighted by molar-refractivity contribution is 5.74. The maximum Gasteiger partial charge on any atom is 0.317 e. The van der Waals surface area contributed by atoms with Gasteiger partial charge in [0.05, 0.1) is 6.61 Å². The molecule has 0 aromatic carbocycles.